The van der Waals surface area contributed by atoms with E-state index in [1.54, 1.807) is 35.2 Å². The van der Waals surface area contributed by atoms with Crippen LogP contribution in [0.25, 0.3) is 6.08 Å². The van der Waals surface area contributed by atoms with Crippen molar-refractivity contribution in [2.24, 2.45) is 0 Å². The second-order valence-electron chi connectivity index (χ2n) is 6.53. The average molecular weight is 389 g/mol. The van der Waals surface area contributed by atoms with Gasteiger partial charge in [0.2, 0.25) is 5.91 Å². The summed E-state index contributed by atoms with van der Waals surface area (Å²) in [6.07, 6.45) is 9.94. The molecule has 0 N–H and O–H groups in total. The Morgan fingerprint density at radius 2 is 1.97 bits per heavy atom. The number of carbonyl (C=O) groups is 2. The second-order valence-corrected chi connectivity index (χ2v) is 6.53. The molecular weight excluding hydrogens is 366 g/mol. The van der Waals surface area contributed by atoms with Crippen LogP contribution in [0.4, 0.5) is 5.69 Å². The molecule has 1 amide bonds. The summed E-state index contributed by atoms with van der Waals surface area (Å²) in [5.41, 5.74) is 2.21. The molecule has 1 heterocycles. The molecule has 0 bridgehead atoms. The Morgan fingerprint density at radius 3 is 2.62 bits per heavy atom. The monoisotopic (exact) mass is 389 g/mol. The standard InChI is InChI=1S/C24H23NO4/c1-3-16-29-22-14-8-18(17-23(22)28-4-2)7-13-21(26)19-9-11-20(12-10-19)25-15-5-6-24(25)27/h1,7-14,17H,4-6,15-16H2,2H3/b13-7+. The van der Waals surface area contributed by atoms with Gasteiger partial charge in [0, 0.05) is 24.2 Å². The van der Waals surface area contributed by atoms with Crippen LogP contribution in [-0.2, 0) is 4.79 Å². The summed E-state index contributed by atoms with van der Waals surface area (Å²) in [4.78, 5) is 26.1. The third-order valence-corrected chi connectivity index (χ3v) is 4.54. The van der Waals surface area contributed by atoms with Crippen LogP contribution >= 0.6 is 0 Å². The number of amides is 1. The number of carbonyl (C=O) groups excluding carboxylic acids is 2. The van der Waals surface area contributed by atoms with Gasteiger partial charge in [0.05, 0.1) is 6.61 Å². The lowest BCUT2D eigenvalue weighted by Crippen LogP contribution is -2.23. The van der Waals surface area contributed by atoms with Crippen molar-refractivity contribution in [2.45, 2.75) is 19.8 Å². The SMILES string of the molecule is C#CCOc1ccc(/C=C/C(=O)c2ccc(N3CCCC3=O)cc2)cc1OCC. The van der Waals surface area contributed by atoms with Gasteiger partial charge in [0.15, 0.2) is 17.3 Å². The number of hydrogen-bond donors (Lipinski definition) is 0. The summed E-state index contributed by atoms with van der Waals surface area (Å²) in [7, 11) is 0. The average Bonchev–Trinajstić information content (AvgIpc) is 3.17. The van der Waals surface area contributed by atoms with Crippen molar-refractivity contribution in [1.29, 1.82) is 0 Å². The minimum absolute atomic E-state index is 0.116. The van der Waals surface area contributed by atoms with Gasteiger partial charge in [-0.2, -0.15) is 0 Å². The van der Waals surface area contributed by atoms with Crippen molar-refractivity contribution in [3.63, 3.8) is 0 Å². The molecule has 3 rings (SSSR count). The smallest absolute Gasteiger partial charge is 0.227 e. The van der Waals surface area contributed by atoms with Crippen molar-refractivity contribution >= 4 is 23.5 Å². The van der Waals surface area contributed by atoms with Crippen LogP contribution in [0.2, 0.25) is 0 Å². The van der Waals surface area contributed by atoms with E-state index in [9.17, 15) is 9.59 Å². The van der Waals surface area contributed by atoms with Crippen LogP contribution in [0.15, 0.2) is 48.5 Å². The Bertz CT molecular complexity index is 954. The molecule has 5 nitrogen and oxygen atoms in total. The van der Waals surface area contributed by atoms with E-state index in [-0.39, 0.29) is 18.3 Å². The number of anilines is 1. The summed E-state index contributed by atoms with van der Waals surface area (Å²) >= 11 is 0. The van der Waals surface area contributed by atoms with Gasteiger partial charge in [-0.05, 0) is 61.4 Å². The van der Waals surface area contributed by atoms with E-state index >= 15 is 0 Å². The predicted molar refractivity (Wildman–Crippen MR) is 113 cm³/mol. The van der Waals surface area contributed by atoms with Crippen LogP contribution in [0.5, 0.6) is 11.5 Å². The van der Waals surface area contributed by atoms with Crippen molar-refractivity contribution in [2.75, 3.05) is 24.7 Å². The molecule has 1 saturated heterocycles. The number of ketones is 1. The van der Waals surface area contributed by atoms with E-state index in [2.05, 4.69) is 5.92 Å². The highest BCUT2D eigenvalue weighted by Gasteiger charge is 2.21. The number of hydrogen-bond acceptors (Lipinski definition) is 4. The van der Waals surface area contributed by atoms with Gasteiger partial charge < -0.3 is 14.4 Å². The van der Waals surface area contributed by atoms with Crippen LogP contribution in [0.3, 0.4) is 0 Å². The van der Waals surface area contributed by atoms with Gasteiger partial charge in [-0.25, -0.2) is 0 Å². The number of rotatable bonds is 8. The zero-order chi connectivity index (χ0) is 20.6. The Labute approximate surface area is 170 Å². The van der Waals surface area contributed by atoms with E-state index in [1.807, 2.05) is 25.1 Å². The van der Waals surface area contributed by atoms with E-state index in [0.717, 1.165) is 24.2 Å². The fourth-order valence-electron chi connectivity index (χ4n) is 3.13. The van der Waals surface area contributed by atoms with Gasteiger partial charge in [0.25, 0.3) is 0 Å². The Morgan fingerprint density at radius 1 is 1.17 bits per heavy atom. The summed E-state index contributed by atoms with van der Waals surface area (Å²) in [5, 5.41) is 0. The van der Waals surface area contributed by atoms with Crippen molar-refractivity contribution in [3.05, 3.63) is 59.7 Å². The quantitative estimate of drug-likeness (QED) is 0.387. The highest BCUT2D eigenvalue weighted by atomic mass is 16.5. The van der Waals surface area contributed by atoms with Gasteiger partial charge in [-0.1, -0.05) is 18.1 Å². The summed E-state index contributed by atoms with van der Waals surface area (Å²) < 4.78 is 11.1. The summed E-state index contributed by atoms with van der Waals surface area (Å²) in [6.45, 7) is 3.27. The van der Waals surface area contributed by atoms with Crippen molar-refractivity contribution in [3.8, 4) is 23.8 Å². The molecule has 29 heavy (non-hydrogen) atoms. The lowest BCUT2D eigenvalue weighted by Gasteiger charge is -2.15. The number of terminal acetylenes is 1. The largest absolute Gasteiger partial charge is 0.490 e. The Balaban J connectivity index is 1.70. The minimum atomic E-state index is -0.116. The molecule has 2 aromatic carbocycles. The molecule has 0 atom stereocenters. The predicted octanol–water partition coefficient (Wildman–Crippen LogP) is 4.12. The topological polar surface area (TPSA) is 55.8 Å². The number of allylic oxidation sites excluding steroid dienone is 1. The fraction of sp³-hybridized carbons (Fsp3) is 0.250. The summed E-state index contributed by atoms with van der Waals surface area (Å²) in [5.74, 6) is 3.59. The van der Waals surface area contributed by atoms with Crippen LogP contribution in [0.1, 0.15) is 35.7 Å². The maximum Gasteiger partial charge on any atom is 0.227 e. The first-order chi connectivity index (χ1) is 14.1. The van der Waals surface area contributed by atoms with Crippen molar-refractivity contribution in [1.82, 2.24) is 0 Å². The van der Waals surface area contributed by atoms with E-state index in [1.165, 1.54) is 6.08 Å². The van der Waals surface area contributed by atoms with Gasteiger partial charge in [-0.15, -0.1) is 6.42 Å². The van der Waals surface area contributed by atoms with Gasteiger partial charge in [0.1, 0.15) is 6.61 Å². The number of ether oxygens (including phenoxy) is 2. The van der Waals surface area contributed by atoms with Crippen LogP contribution < -0.4 is 14.4 Å². The lowest BCUT2D eigenvalue weighted by atomic mass is 10.1. The second kappa shape index (κ2) is 9.61. The zero-order valence-corrected chi connectivity index (χ0v) is 16.4. The normalized spacial score (nSPS) is 13.5. The molecular formula is C24H23NO4. The molecule has 0 aliphatic carbocycles. The molecule has 1 aliphatic rings. The molecule has 1 fully saturated rings. The Kier molecular flexibility index (Phi) is 6.70. The maximum absolute atomic E-state index is 12.5. The zero-order valence-electron chi connectivity index (χ0n) is 16.4. The molecule has 2 aromatic rings. The molecule has 148 valence electrons. The third kappa shape index (κ3) is 5.05. The maximum atomic E-state index is 12.5. The first kappa shape index (κ1) is 20.2. The van der Waals surface area contributed by atoms with E-state index in [4.69, 9.17) is 15.9 Å². The first-order valence-electron chi connectivity index (χ1n) is 9.58. The minimum Gasteiger partial charge on any atom is -0.490 e. The number of benzene rings is 2. The fourth-order valence-corrected chi connectivity index (χ4v) is 3.13. The van der Waals surface area contributed by atoms with E-state index < -0.39 is 0 Å². The molecule has 1 aliphatic heterocycles. The van der Waals surface area contributed by atoms with Gasteiger partial charge >= 0.3 is 0 Å². The van der Waals surface area contributed by atoms with Crippen LogP contribution in [-0.4, -0.2) is 31.4 Å². The molecule has 0 aromatic heterocycles. The lowest BCUT2D eigenvalue weighted by molar-refractivity contribution is -0.117. The molecule has 5 heteroatoms. The first-order valence-corrected chi connectivity index (χ1v) is 9.58. The molecule has 0 unspecified atom stereocenters. The molecule has 0 saturated carbocycles. The highest BCUT2D eigenvalue weighted by Crippen LogP contribution is 2.29. The molecule has 0 spiro atoms. The van der Waals surface area contributed by atoms with Crippen molar-refractivity contribution < 1.29 is 19.1 Å². The molecule has 0 radical (unpaired) electrons. The third-order valence-electron chi connectivity index (χ3n) is 4.54. The number of nitrogens with zero attached hydrogens (tertiary/aromatic N) is 1. The van der Waals surface area contributed by atoms with E-state index in [0.29, 0.717) is 30.1 Å². The van der Waals surface area contributed by atoms with Crippen LogP contribution in [0, 0.1) is 12.3 Å². The highest BCUT2D eigenvalue weighted by molar-refractivity contribution is 6.07. The van der Waals surface area contributed by atoms with Gasteiger partial charge in [-0.3, -0.25) is 9.59 Å². The summed E-state index contributed by atoms with van der Waals surface area (Å²) in [6, 6.07) is 12.5. The Hall–Kier alpha value is -3.52.